The summed E-state index contributed by atoms with van der Waals surface area (Å²) >= 11 is 0. The van der Waals surface area contributed by atoms with E-state index in [-0.39, 0.29) is 0 Å². The van der Waals surface area contributed by atoms with E-state index >= 15 is 0 Å². The zero-order valence-corrected chi connectivity index (χ0v) is 29.3. The van der Waals surface area contributed by atoms with Crippen LogP contribution < -0.4 is 10.4 Å². The predicted molar refractivity (Wildman–Crippen MR) is 212 cm³/mol. The van der Waals surface area contributed by atoms with Gasteiger partial charge in [0.2, 0.25) is 0 Å². The summed E-state index contributed by atoms with van der Waals surface area (Å²) in [5, 5.41) is 4.51. The highest BCUT2D eigenvalue weighted by molar-refractivity contribution is 6.62. The fourth-order valence-corrected chi connectivity index (χ4v) is 7.23. The molecule has 51 heavy (non-hydrogen) atoms. The summed E-state index contributed by atoms with van der Waals surface area (Å²) in [6, 6.07) is 55.8. The van der Waals surface area contributed by atoms with Gasteiger partial charge in [0.15, 0.2) is 0 Å². The Kier molecular flexibility index (Phi) is 7.39. The molecule has 1 saturated heterocycles. The fraction of sp³-hybridized carbons (Fsp3) is 0.130. The van der Waals surface area contributed by atoms with E-state index in [2.05, 4.69) is 190 Å². The molecule has 1 aliphatic rings. The van der Waals surface area contributed by atoms with Gasteiger partial charge in [-0.3, -0.25) is 0 Å². The number of rotatable bonds is 6. The summed E-state index contributed by atoms with van der Waals surface area (Å²) in [4.78, 5) is 2.28. The van der Waals surface area contributed by atoms with E-state index in [9.17, 15) is 0 Å². The van der Waals surface area contributed by atoms with Crippen LogP contribution in [0.25, 0.3) is 55.0 Å². The van der Waals surface area contributed by atoms with Crippen molar-refractivity contribution >= 4 is 62.4 Å². The Morgan fingerprint density at radius 2 is 1.02 bits per heavy atom. The molecule has 0 aliphatic carbocycles. The van der Waals surface area contributed by atoms with E-state index in [1.165, 1.54) is 22.1 Å². The maximum atomic E-state index is 6.63. The first-order valence-corrected chi connectivity index (χ1v) is 17.6. The van der Waals surface area contributed by atoms with Gasteiger partial charge in [-0.05, 0) is 103 Å². The van der Waals surface area contributed by atoms with Crippen LogP contribution in [0.1, 0.15) is 27.7 Å². The zero-order valence-electron chi connectivity index (χ0n) is 29.3. The van der Waals surface area contributed by atoms with E-state index in [4.69, 9.17) is 13.7 Å². The molecule has 248 valence electrons. The minimum atomic E-state index is -0.428. The Morgan fingerprint density at radius 1 is 0.471 bits per heavy atom. The van der Waals surface area contributed by atoms with E-state index in [1.54, 1.807) is 0 Å². The highest BCUT2D eigenvalue weighted by Crippen LogP contribution is 2.42. The number of hydrogen-bond donors (Lipinski definition) is 0. The molecule has 0 atom stereocenters. The predicted octanol–water partition coefficient (Wildman–Crippen LogP) is 11.8. The SMILES string of the molecule is CC1(C)OB(c2ccc(N(c3ccc(-c4ccccc4-c4ccccc4)cc3)c3ccc4c(c3)oc3c5ccccc5ccc43)cc2)OC1(C)C. The molecule has 4 nitrogen and oxygen atoms in total. The molecule has 0 unspecified atom stereocenters. The summed E-state index contributed by atoms with van der Waals surface area (Å²) in [6.45, 7) is 8.34. The molecule has 2 heterocycles. The smallest absolute Gasteiger partial charge is 0.455 e. The lowest BCUT2D eigenvalue weighted by Gasteiger charge is -2.32. The van der Waals surface area contributed by atoms with Crippen LogP contribution in [0.15, 0.2) is 162 Å². The maximum absolute atomic E-state index is 6.63. The van der Waals surface area contributed by atoms with Crippen molar-refractivity contribution in [3.63, 3.8) is 0 Å². The van der Waals surface area contributed by atoms with E-state index in [0.717, 1.165) is 55.4 Å². The molecule has 0 spiro atoms. The monoisotopic (exact) mass is 663 g/mol. The number of furan rings is 1. The Hall–Kier alpha value is -5.62. The lowest BCUT2D eigenvalue weighted by Crippen LogP contribution is -2.41. The van der Waals surface area contributed by atoms with Crippen LogP contribution in [0.3, 0.4) is 0 Å². The molecule has 0 saturated carbocycles. The van der Waals surface area contributed by atoms with Gasteiger partial charge in [0.1, 0.15) is 11.2 Å². The molecule has 5 heteroatoms. The molecule has 1 aliphatic heterocycles. The van der Waals surface area contributed by atoms with Gasteiger partial charge < -0.3 is 18.6 Å². The Balaban J connectivity index is 1.14. The van der Waals surface area contributed by atoms with E-state index in [0.29, 0.717) is 0 Å². The van der Waals surface area contributed by atoms with Crippen molar-refractivity contribution in [2.75, 3.05) is 4.90 Å². The van der Waals surface area contributed by atoms with E-state index < -0.39 is 18.3 Å². The quantitative estimate of drug-likeness (QED) is 0.166. The Labute approximate surface area is 299 Å². The number of benzene rings is 7. The lowest BCUT2D eigenvalue weighted by molar-refractivity contribution is 0.00578. The van der Waals surface area contributed by atoms with Gasteiger partial charge >= 0.3 is 7.12 Å². The highest BCUT2D eigenvalue weighted by Gasteiger charge is 2.51. The second-order valence-electron chi connectivity index (χ2n) is 14.4. The molecule has 1 aromatic heterocycles. The third-order valence-electron chi connectivity index (χ3n) is 10.7. The Bertz CT molecular complexity index is 2520. The van der Waals surface area contributed by atoms with Gasteiger partial charge in [-0.15, -0.1) is 0 Å². The Morgan fingerprint density at radius 3 is 1.71 bits per heavy atom. The van der Waals surface area contributed by atoms with Crippen LogP contribution in [-0.4, -0.2) is 18.3 Å². The summed E-state index contributed by atoms with van der Waals surface area (Å²) in [5.74, 6) is 0. The number of nitrogens with zero attached hydrogens (tertiary/aromatic N) is 1. The molecule has 0 N–H and O–H groups in total. The molecular formula is C46H38BNO3. The zero-order chi connectivity index (χ0) is 34.7. The molecule has 0 bridgehead atoms. The second kappa shape index (κ2) is 12.0. The molecule has 0 amide bonds. The number of hydrogen-bond acceptors (Lipinski definition) is 4. The van der Waals surface area contributed by atoms with Gasteiger partial charge in [-0.1, -0.05) is 109 Å². The summed E-state index contributed by atoms with van der Waals surface area (Å²) in [6.07, 6.45) is 0. The third-order valence-corrected chi connectivity index (χ3v) is 10.7. The fourth-order valence-electron chi connectivity index (χ4n) is 7.23. The van der Waals surface area contributed by atoms with Gasteiger partial charge in [-0.2, -0.15) is 0 Å². The molecule has 7 aromatic carbocycles. The highest BCUT2D eigenvalue weighted by atomic mass is 16.7. The van der Waals surface area contributed by atoms with Gasteiger partial charge in [0, 0.05) is 39.3 Å². The third kappa shape index (κ3) is 5.41. The molecule has 8 aromatic rings. The average Bonchev–Trinajstić information content (AvgIpc) is 3.64. The van der Waals surface area contributed by atoms with Gasteiger partial charge in [-0.25, -0.2) is 0 Å². The maximum Gasteiger partial charge on any atom is 0.494 e. The van der Waals surface area contributed by atoms with Crippen molar-refractivity contribution in [1.29, 1.82) is 0 Å². The van der Waals surface area contributed by atoms with Crippen LogP contribution in [0, 0.1) is 0 Å². The average molecular weight is 664 g/mol. The van der Waals surface area contributed by atoms with Crippen molar-refractivity contribution in [1.82, 2.24) is 0 Å². The minimum absolute atomic E-state index is 0.406. The van der Waals surface area contributed by atoms with Crippen LogP contribution in [-0.2, 0) is 9.31 Å². The first-order chi connectivity index (χ1) is 24.8. The van der Waals surface area contributed by atoms with Crippen LogP contribution in [0.5, 0.6) is 0 Å². The first-order valence-electron chi connectivity index (χ1n) is 17.6. The molecule has 9 rings (SSSR count). The summed E-state index contributed by atoms with van der Waals surface area (Å²) in [7, 11) is -0.428. The second-order valence-corrected chi connectivity index (χ2v) is 14.4. The first kappa shape index (κ1) is 31.4. The molecule has 0 radical (unpaired) electrons. The van der Waals surface area contributed by atoms with Gasteiger partial charge in [0.25, 0.3) is 0 Å². The minimum Gasteiger partial charge on any atom is -0.455 e. The molecular weight excluding hydrogens is 625 g/mol. The van der Waals surface area contributed by atoms with E-state index in [1.807, 2.05) is 0 Å². The van der Waals surface area contributed by atoms with Crippen molar-refractivity contribution in [2.24, 2.45) is 0 Å². The summed E-state index contributed by atoms with van der Waals surface area (Å²) in [5.41, 5.74) is 9.79. The van der Waals surface area contributed by atoms with Gasteiger partial charge in [0.05, 0.1) is 11.2 Å². The van der Waals surface area contributed by atoms with Crippen LogP contribution in [0.4, 0.5) is 17.1 Å². The lowest BCUT2D eigenvalue weighted by atomic mass is 9.79. The van der Waals surface area contributed by atoms with Crippen molar-refractivity contribution in [3.05, 3.63) is 158 Å². The van der Waals surface area contributed by atoms with Crippen LogP contribution in [0.2, 0.25) is 0 Å². The number of fused-ring (bicyclic) bond motifs is 5. The standard InChI is InChI=1S/C46H38BNO3/c1-45(2)46(3,4)51-47(50-45)34-21-25-36(26-22-34)48(35-23-18-33(19-24-35)39-16-11-10-15-38(39)31-12-6-5-7-13-31)37-27-29-41-42-28-20-32-14-8-9-17-40(32)44(42)49-43(41)30-37/h5-30H,1-4H3. The topological polar surface area (TPSA) is 34.8 Å². The number of anilines is 3. The van der Waals surface area contributed by atoms with Crippen LogP contribution >= 0.6 is 0 Å². The molecule has 1 fully saturated rings. The van der Waals surface area contributed by atoms with Crippen molar-refractivity contribution in [2.45, 2.75) is 38.9 Å². The van der Waals surface area contributed by atoms with Crippen molar-refractivity contribution in [3.8, 4) is 22.3 Å². The summed E-state index contributed by atoms with van der Waals surface area (Å²) < 4.78 is 19.4. The normalized spacial score (nSPS) is 15.2. The largest absolute Gasteiger partial charge is 0.494 e. The van der Waals surface area contributed by atoms with Crippen molar-refractivity contribution < 1.29 is 13.7 Å².